The first-order valence-electron chi connectivity index (χ1n) is 12.7. The van der Waals surface area contributed by atoms with E-state index in [0.717, 1.165) is 55.2 Å². The predicted molar refractivity (Wildman–Crippen MR) is 132 cm³/mol. The van der Waals surface area contributed by atoms with Crippen molar-refractivity contribution in [2.24, 2.45) is 0 Å². The van der Waals surface area contributed by atoms with Gasteiger partial charge in [-0.1, -0.05) is 61.6 Å². The molecule has 1 aromatic heterocycles. The first kappa shape index (κ1) is 21.4. The fraction of sp³-hybridized carbons (Fsp3) is 0.615. The second-order valence-corrected chi connectivity index (χ2v) is 11.5. The minimum atomic E-state index is -0.172. The molecule has 2 aromatic rings. The highest BCUT2D eigenvalue weighted by atomic mass is 32.1. The lowest BCUT2D eigenvalue weighted by Gasteiger charge is -2.39. The van der Waals surface area contributed by atoms with Crippen LogP contribution in [0.15, 0.2) is 24.3 Å². The van der Waals surface area contributed by atoms with Crippen molar-refractivity contribution in [2.45, 2.75) is 94.4 Å². The Morgan fingerprint density at radius 1 is 1.15 bits per heavy atom. The maximum absolute atomic E-state index is 14.0. The van der Waals surface area contributed by atoms with Crippen molar-refractivity contribution < 1.29 is 9.90 Å². The van der Waals surface area contributed by atoms with Gasteiger partial charge in [-0.2, -0.15) is 0 Å². The number of carbonyl (C=O) groups excluding carboxylic acids is 1. The van der Waals surface area contributed by atoms with E-state index in [9.17, 15) is 9.90 Å². The molecule has 0 bridgehead atoms. The molecular formula is C26H34N4O2S. The molecule has 176 valence electrons. The van der Waals surface area contributed by atoms with Crippen LogP contribution in [0.5, 0.6) is 0 Å². The summed E-state index contributed by atoms with van der Waals surface area (Å²) in [4.78, 5) is 22.1. The molecule has 7 heteroatoms. The van der Waals surface area contributed by atoms with Crippen molar-refractivity contribution in [3.05, 3.63) is 40.4 Å². The number of rotatable bonds is 3. The van der Waals surface area contributed by atoms with Gasteiger partial charge in [0.1, 0.15) is 6.04 Å². The van der Waals surface area contributed by atoms with Gasteiger partial charge in [-0.05, 0) is 37.3 Å². The number of nitrogens with one attached hydrogen (secondary N) is 2. The van der Waals surface area contributed by atoms with Crippen LogP contribution in [0.4, 0.5) is 10.8 Å². The van der Waals surface area contributed by atoms with Gasteiger partial charge in [-0.3, -0.25) is 4.79 Å². The van der Waals surface area contributed by atoms with Crippen LogP contribution in [0.3, 0.4) is 0 Å². The lowest BCUT2D eigenvalue weighted by molar-refractivity contribution is -0.134. The van der Waals surface area contributed by atoms with Crippen molar-refractivity contribution in [1.82, 2.24) is 9.88 Å². The summed E-state index contributed by atoms with van der Waals surface area (Å²) in [5, 5.41) is 17.6. The maximum atomic E-state index is 14.0. The third kappa shape index (κ3) is 3.83. The van der Waals surface area contributed by atoms with E-state index in [-0.39, 0.29) is 23.5 Å². The Hall–Kier alpha value is -2.12. The number of thiazole rings is 1. The van der Waals surface area contributed by atoms with E-state index in [1.165, 1.54) is 42.5 Å². The van der Waals surface area contributed by atoms with Crippen LogP contribution in [0.1, 0.15) is 73.9 Å². The van der Waals surface area contributed by atoms with Gasteiger partial charge < -0.3 is 20.6 Å². The van der Waals surface area contributed by atoms with E-state index in [4.69, 9.17) is 4.98 Å². The summed E-state index contributed by atoms with van der Waals surface area (Å²) in [6, 6.07) is 8.77. The number of nitrogens with zero attached hydrogens (tertiary/aromatic N) is 2. The van der Waals surface area contributed by atoms with E-state index in [1.807, 2.05) is 0 Å². The SMILES string of the molecule is O=C(C1Nc2ccccc2C12CCCCCCC2)N1CCc2nc(N[C@H]3C[C@H](O)C3)sc2C1. The van der Waals surface area contributed by atoms with E-state index in [0.29, 0.717) is 12.6 Å². The molecule has 1 spiro atoms. The molecule has 2 saturated carbocycles. The molecular weight excluding hydrogens is 432 g/mol. The molecule has 2 aliphatic carbocycles. The van der Waals surface area contributed by atoms with Crippen LogP contribution >= 0.6 is 11.3 Å². The van der Waals surface area contributed by atoms with Crippen molar-refractivity contribution in [1.29, 1.82) is 0 Å². The molecule has 6 rings (SSSR count). The molecule has 6 nitrogen and oxygen atoms in total. The van der Waals surface area contributed by atoms with Crippen molar-refractivity contribution >= 4 is 28.1 Å². The van der Waals surface area contributed by atoms with E-state index in [1.54, 1.807) is 11.3 Å². The summed E-state index contributed by atoms with van der Waals surface area (Å²) in [6.07, 6.45) is 10.7. The molecule has 3 heterocycles. The Morgan fingerprint density at radius 2 is 1.91 bits per heavy atom. The molecule has 1 atom stereocenters. The lowest BCUT2D eigenvalue weighted by atomic mass is 9.68. The number of hydrogen-bond donors (Lipinski definition) is 3. The number of hydrogen-bond acceptors (Lipinski definition) is 6. The Morgan fingerprint density at radius 3 is 2.70 bits per heavy atom. The number of aliphatic hydroxyl groups excluding tert-OH is 1. The lowest BCUT2D eigenvalue weighted by Crippen LogP contribution is -2.52. The Kier molecular flexibility index (Phi) is 5.57. The average molecular weight is 467 g/mol. The van der Waals surface area contributed by atoms with E-state index < -0.39 is 0 Å². The molecule has 1 unspecified atom stereocenters. The normalized spacial score (nSPS) is 28.2. The molecule has 1 aromatic carbocycles. The summed E-state index contributed by atoms with van der Waals surface area (Å²) in [5.41, 5.74) is 3.56. The maximum Gasteiger partial charge on any atom is 0.246 e. The van der Waals surface area contributed by atoms with Gasteiger partial charge in [-0.25, -0.2) is 4.98 Å². The summed E-state index contributed by atoms with van der Waals surface area (Å²) in [5.74, 6) is 0.252. The third-order valence-corrected chi connectivity index (χ3v) is 9.31. The van der Waals surface area contributed by atoms with E-state index >= 15 is 0 Å². The Balaban J connectivity index is 1.22. The molecule has 33 heavy (non-hydrogen) atoms. The van der Waals surface area contributed by atoms with Gasteiger partial charge in [0.25, 0.3) is 0 Å². The predicted octanol–water partition coefficient (Wildman–Crippen LogP) is 4.44. The highest BCUT2D eigenvalue weighted by molar-refractivity contribution is 7.15. The summed E-state index contributed by atoms with van der Waals surface area (Å²) < 4.78 is 0. The number of anilines is 2. The molecule has 2 fully saturated rings. The largest absolute Gasteiger partial charge is 0.393 e. The van der Waals surface area contributed by atoms with Crippen LogP contribution in [0, 0.1) is 0 Å². The minimum Gasteiger partial charge on any atom is -0.393 e. The molecule has 1 amide bonds. The number of benzene rings is 1. The highest BCUT2D eigenvalue weighted by Crippen LogP contribution is 2.49. The topological polar surface area (TPSA) is 77.5 Å². The van der Waals surface area contributed by atoms with Crippen molar-refractivity contribution in [3.63, 3.8) is 0 Å². The molecule has 2 aliphatic heterocycles. The van der Waals surface area contributed by atoms with Gasteiger partial charge in [-0.15, -0.1) is 0 Å². The van der Waals surface area contributed by atoms with Gasteiger partial charge in [0, 0.05) is 35.0 Å². The van der Waals surface area contributed by atoms with Gasteiger partial charge in [0.2, 0.25) is 5.91 Å². The summed E-state index contributed by atoms with van der Waals surface area (Å²) in [7, 11) is 0. The first-order valence-corrected chi connectivity index (χ1v) is 13.5. The van der Waals surface area contributed by atoms with Crippen LogP contribution in [0.2, 0.25) is 0 Å². The first-order chi connectivity index (χ1) is 16.1. The number of fused-ring (bicyclic) bond motifs is 3. The number of aromatic nitrogens is 1. The highest BCUT2D eigenvalue weighted by Gasteiger charge is 2.51. The standard InChI is InChI=1S/C26H34N4O2S/c31-18-14-17(15-18)27-25-29-21-10-13-30(16-22(21)33-25)24(32)23-26(11-6-2-1-3-7-12-26)19-8-4-5-9-20(19)28-23/h4-5,8-9,17-18,23,28,31H,1-3,6-7,10-16H2,(H,27,29)/t17-,18-,23?. The quantitative estimate of drug-likeness (QED) is 0.623. The molecule has 0 radical (unpaired) electrons. The van der Waals surface area contributed by atoms with Crippen LogP contribution < -0.4 is 10.6 Å². The fourth-order valence-electron chi connectivity index (χ4n) is 6.39. The number of carbonyl (C=O) groups is 1. The summed E-state index contributed by atoms with van der Waals surface area (Å²) >= 11 is 1.68. The second kappa shape index (κ2) is 8.58. The average Bonchev–Trinajstić information content (AvgIpc) is 3.33. The monoisotopic (exact) mass is 466 g/mol. The Bertz CT molecular complexity index is 1020. The van der Waals surface area contributed by atoms with Gasteiger partial charge in [0.05, 0.1) is 18.3 Å². The minimum absolute atomic E-state index is 0.0835. The summed E-state index contributed by atoms with van der Waals surface area (Å²) in [6.45, 7) is 1.40. The zero-order valence-electron chi connectivity index (χ0n) is 19.2. The molecule has 3 N–H and O–H groups in total. The van der Waals surface area contributed by atoms with E-state index in [2.05, 4.69) is 39.8 Å². The van der Waals surface area contributed by atoms with Crippen LogP contribution in [-0.2, 0) is 23.2 Å². The van der Waals surface area contributed by atoms with Crippen molar-refractivity contribution in [2.75, 3.05) is 17.2 Å². The number of para-hydroxylation sites is 1. The molecule has 0 saturated heterocycles. The zero-order valence-corrected chi connectivity index (χ0v) is 20.0. The van der Waals surface area contributed by atoms with Crippen molar-refractivity contribution in [3.8, 4) is 0 Å². The zero-order chi connectivity index (χ0) is 22.4. The Labute approximate surface area is 199 Å². The smallest absolute Gasteiger partial charge is 0.246 e. The van der Waals surface area contributed by atoms with Crippen LogP contribution in [0.25, 0.3) is 0 Å². The molecule has 4 aliphatic rings. The fourth-order valence-corrected chi connectivity index (χ4v) is 7.49. The van der Waals surface area contributed by atoms with Gasteiger partial charge >= 0.3 is 0 Å². The second-order valence-electron chi connectivity index (χ2n) is 10.4. The number of amides is 1. The number of aliphatic hydroxyl groups is 1. The van der Waals surface area contributed by atoms with Gasteiger partial charge in [0.15, 0.2) is 5.13 Å². The third-order valence-electron chi connectivity index (χ3n) is 8.29. The van der Waals surface area contributed by atoms with Crippen LogP contribution in [-0.4, -0.2) is 45.6 Å².